The maximum Gasteiger partial charge on any atom is 0.223 e. The van der Waals surface area contributed by atoms with Gasteiger partial charge in [0.15, 0.2) is 0 Å². The molecule has 0 aliphatic heterocycles. The smallest absolute Gasteiger partial charge is 0.223 e. The van der Waals surface area contributed by atoms with Crippen LogP contribution < -0.4 is 5.32 Å². The van der Waals surface area contributed by atoms with Gasteiger partial charge in [-0.25, -0.2) is 0 Å². The van der Waals surface area contributed by atoms with Crippen LogP contribution >= 0.6 is 11.6 Å². The van der Waals surface area contributed by atoms with Crippen LogP contribution in [0.4, 0.5) is 0 Å². The summed E-state index contributed by atoms with van der Waals surface area (Å²) in [5, 5.41) is 13.8. The zero-order valence-electron chi connectivity index (χ0n) is 12.6. The highest BCUT2D eigenvalue weighted by molar-refractivity contribution is 6.30. The summed E-state index contributed by atoms with van der Waals surface area (Å²) in [6.07, 6.45) is 0.225. The van der Waals surface area contributed by atoms with Gasteiger partial charge in [-0.1, -0.05) is 50.9 Å². The van der Waals surface area contributed by atoms with E-state index < -0.39 is 6.10 Å². The number of carbonyl (C=O) groups is 1. The maximum atomic E-state index is 12.1. The number of amides is 1. The third-order valence-electron chi connectivity index (χ3n) is 3.97. The Kier molecular flexibility index (Phi) is 6.50. The third-order valence-corrected chi connectivity index (χ3v) is 4.22. The second kappa shape index (κ2) is 7.65. The number of aliphatic hydroxyl groups excluding tert-OH is 1. The van der Waals surface area contributed by atoms with E-state index in [0.29, 0.717) is 10.9 Å². The fourth-order valence-electron chi connectivity index (χ4n) is 2.00. The molecule has 0 aliphatic rings. The predicted molar refractivity (Wildman–Crippen MR) is 82.6 cm³/mol. The summed E-state index contributed by atoms with van der Waals surface area (Å²) in [7, 11) is 0. The van der Waals surface area contributed by atoms with E-state index in [1.54, 1.807) is 31.2 Å². The van der Waals surface area contributed by atoms with Gasteiger partial charge in [-0.3, -0.25) is 4.79 Å². The lowest BCUT2D eigenvalue weighted by atomic mass is 9.92. The molecule has 112 valence electrons. The van der Waals surface area contributed by atoms with Crippen LogP contribution in [0.2, 0.25) is 5.02 Å². The van der Waals surface area contributed by atoms with Crippen molar-refractivity contribution in [1.29, 1.82) is 0 Å². The first-order valence-corrected chi connectivity index (χ1v) is 7.48. The van der Waals surface area contributed by atoms with Gasteiger partial charge in [0.2, 0.25) is 5.91 Å². The lowest BCUT2D eigenvalue weighted by molar-refractivity contribution is -0.127. The largest absolute Gasteiger partial charge is 0.386 e. The molecular weight excluding hydrogens is 274 g/mol. The molecule has 1 amide bonds. The van der Waals surface area contributed by atoms with Gasteiger partial charge in [-0.15, -0.1) is 0 Å². The molecule has 3 nitrogen and oxygen atoms in total. The number of nitrogens with one attached hydrogen (secondary N) is 1. The molecule has 0 saturated heterocycles. The lowest BCUT2D eigenvalue weighted by Gasteiger charge is -2.24. The number of carbonyl (C=O) groups excluding carboxylic acids is 1. The Morgan fingerprint density at radius 3 is 2.30 bits per heavy atom. The third kappa shape index (κ3) is 4.50. The van der Waals surface area contributed by atoms with Crippen LogP contribution in [0.15, 0.2) is 24.3 Å². The summed E-state index contributed by atoms with van der Waals surface area (Å²) in [6.45, 7) is 7.86. The summed E-state index contributed by atoms with van der Waals surface area (Å²) in [6, 6.07) is 6.67. The number of rotatable bonds is 6. The van der Waals surface area contributed by atoms with Gasteiger partial charge < -0.3 is 10.4 Å². The average Bonchev–Trinajstić information content (AvgIpc) is 2.45. The van der Waals surface area contributed by atoms with E-state index >= 15 is 0 Å². The Morgan fingerprint density at radius 1 is 1.25 bits per heavy atom. The summed E-state index contributed by atoms with van der Waals surface area (Å²) in [5.41, 5.74) is 0.749. The van der Waals surface area contributed by atoms with Crippen LogP contribution in [0.25, 0.3) is 0 Å². The highest BCUT2D eigenvalue weighted by Gasteiger charge is 2.23. The predicted octanol–water partition coefficient (Wildman–Crippen LogP) is 3.56. The Bertz CT molecular complexity index is 433. The molecular formula is C16H24ClNO2. The van der Waals surface area contributed by atoms with Crippen molar-refractivity contribution in [2.45, 2.75) is 46.3 Å². The number of benzene rings is 1. The SMILES string of the molecule is CCC(C)C(C)C(=O)NC(C)C(O)c1ccc(Cl)cc1. The quantitative estimate of drug-likeness (QED) is 0.843. The van der Waals surface area contributed by atoms with E-state index in [-0.39, 0.29) is 17.9 Å². The first-order chi connectivity index (χ1) is 9.36. The van der Waals surface area contributed by atoms with Crippen LogP contribution in [0, 0.1) is 11.8 Å². The Balaban J connectivity index is 2.63. The molecule has 2 N–H and O–H groups in total. The molecule has 0 aromatic heterocycles. The Hall–Kier alpha value is -1.06. The minimum absolute atomic E-state index is 0.0140. The minimum Gasteiger partial charge on any atom is -0.386 e. The van der Waals surface area contributed by atoms with E-state index in [1.165, 1.54) is 0 Å². The minimum atomic E-state index is -0.736. The number of hydrogen-bond acceptors (Lipinski definition) is 2. The second-order valence-corrected chi connectivity index (χ2v) is 5.90. The Labute approximate surface area is 126 Å². The van der Waals surface area contributed by atoms with Gasteiger partial charge in [0, 0.05) is 10.9 Å². The first-order valence-electron chi connectivity index (χ1n) is 7.10. The normalized spacial score (nSPS) is 17.1. The Morgan fingerprint density at radius 2 is 1.80 bits per heavy atom. The van der Waals surface area contributed by atoms with Crippen molar-refractivity contribution in [3.8, 4) is 0 Å². The average molecular weight is 298 g/mol. The molecule has 0 spiro atoms. The molecule has 20 heavy (non-hydrogen) atoms. The zero-order chi connectivity index (χ0) is 15.3. The molecule has 0 radical (unpaired) electrons. The molecule has 1 rings (SSSR count). The summed E-state index contributed by atoms with van der Waals surface area (Å²) in [5.74, 6) is 0.259. The van der Waals surface area contributed by atoms with Crippen LogP contribution in [0.5, 0.6) is 0 Å². The second-order valence-electron chi connectivity index (χ2n) is 5.47. The summed E-state index contributed by atoms with van der Waals surface area (Å²) >= 11 is 5.82. The van der Waals surface area contributed by atoms with Gasteiger partial charge in [-0.05, 0) is 30.5 Å². The standard InChI is InChI=1S/C16H24ClNO2/c1-5-10(2)11(3)16(20)18-12(4)15(19)13-6-8-14(17)9-7-13/h6-12,15,19H,5H2,1-4H3,(H,18,20). The molecule has 0 aliphatic carbocycles. The number of aliphatic hydroxyl groups is 1. The van der Waals surface area contributed by atoms with Crippen LogP contribution in [0.3, 0.4) is 0 Å². The van der Waals surface area contributed by atoms with Gasteiger partial charge >= 0.3 is 0 Å². The molecule has 0 heterocycles. The molecule has 0 saturated carbocycles. The zero-order valence-corrected chi connectivity index (χ0v) is 13.3. The molecule has 1 aromatic carbocycles. The first kappa shape index (κ1) is 17.0. The van der Waals surface area contributed by atoms with Crippen molar-refractivity contribution in [3.63, 3.8) is 0 Å². The maximum absolute atomic E-state index is 12.1. The van der Waals surface area contributed by atoms with Crippen molar-refractivity contribution in [1.82, 2.24) is 5.32 Å². The van der Waals surface area contributed by atoms with Crippen LogP contribution in [0.1, 0.15) is 45.8 Å². The van der Waals surface area contributed by atoms with Crippen molar-refractivity contribution in [2.24, 2.45) is 11.8 Å². The summed E-state index contributed by atoms with van der Waals surface area (Å²) < 4.78 is 0. The lowest BCUT2D eigenvalue weighted by Crippen LogP contribution is -2.41. The summed E-state index contributed by atoms with van der Waals surface area (Å²) in [4.78, 5) is 12.1. The van der Waals surface area contributed by atoms with Crippen LogP contribution in [-0.2, 0) is 4.79 Å². The molecule has 0 fully saturated rings. The molecule has 0 bridgehead atoms. The van der Waals surface area contributed by atoms with Crippen molar-refractivity contribution < 1.29 is 9.90 Å². The van der Waals surface area contributed by atoms with Gasteiger partial charge in [0.1, 0.15) is 0 Å². The molecule has 4 atom stereocenters. The molecule has 4 unspecified atom stereocenters. The van der Waals surface area contributed by atoms with E-state index in [0.717, 1.165) is 12.0 Å². The number of hydrogen-bond donors (Lipinski definition) is 2. The molecule has 4 heteroatoms. The van der Waals surface area contributed by atoms with E-state index in [9.17, 15) is 9.90 Å². The van der Waals surface area contributed by atoms with Crippen molar-refractivity contribution in [2.75, 3.05) is 0 Å². The molecule has 1 aromatic rings. The van der Waals surface area contributed by atoms with E-state index in [2.05, 4.69) is 19.2 Å². The van der Waals surface area contributed by atoms with E-state index in [1.807, 2.05) is 6.92 Å². The highest BCUT2D eigenvalue weighted by atomic mass is 35.5. The van der Waals surface area contributed by atoms with Gasteiger partial charge in [0.05, 0.1) is 12.1 Å². The monoisotopic (exact) mass is 297 g/mol. The number of halogens is 1. The highest BCUT2D eigenvalue weighted by Crippen LogP contribution is 2.20. The fourth-order valence-corrected chi connectivity index (χ4v) is 2.12. The topological polar surface area (TPSA) is 49.3 Å². The fraction of sp³-hybridized carbons (Fsp3) is 0.562. The van der Waals surface area contributed by atoms with Gasteiger partial charge in [0.25, 0.3) is 0 Å². The van der Waals surface area contributed by atoms with E-state index in [4.69, 9.17) is 11.6 Å². The van der Waals surface area contributed by atoms with Crippen LogP contribution in [-0.4, -0.2) is 17.1 Å². The van der Waals surface area contributed by atoms with Crippen molar-refractivity contribution in [3.05, 3.63) is 34.9 Å². The van der Waals surface area contributed by atoms with Crippen molar-refractivity contribution >= 4 is 17.5 Å². The van der Waals surface area contributed by atoms with Gasteiger partial charge in [-0.2, -0.15) is 0 Å².